The summed E-state index contributed by atoms with van der Waals surface area (Å²) < 4.78 is 0. The van der Waals surface area contributed by atoms with Gasteiger partial charge in [0.1, 0.15) is 0 Å². The smallest absolute Gasteiger partial charge is 0.0485 e. The molecule has 5 rings (SSSR count). The lowest BCUT2D eigenvalue weighted by molar-refractivity contribution is 0.916. The number of anilines is 2. The Morgan fingerprint density at radius 2 is 1.29 bits per heavy atom. The van der Waals surface area contributed by atoms with Crippen LogP contribution in [-0.4, -0.2) is 6.54 Å². The van der Waals surface area contributed by atoms with Crippen molar-refractivity contribution in [1.29, 1.82) is 0 Å². The monoisotopic (exact) mass is 311 g/mol. The highest BCUT2D eigenvalue weighted by Crippen LogP contribution is 2.44. The molecule has 1 heteroatoms. The quantitative estimate of drug-likeness (QED) is 0.464. The minimum absolute atomic E-state index is 1.02. The molecule has 2 aliphatic rings. The lowest BCUT2D eigenvalue weighted by Crippen LogP contribution is -2.26. The third kappa shape index (κ3) is 1.94. The van der Waals surface area contributed by atoms with Crippen molar-refractivity contribution in [3.8, 4) is 0 Å². The van der Waals surface area contributed by atoms with Gasteiger partial charge in [0.2, 0.25) is 0 Å². The molecule has 24 heavy (non-hydrogen) atoms. The molecule has 0 bridgehead atoms. The number of nitrogens with zero attached hydrogens (tertiary/aromatic N) is 1. The summed E-state index contributed by atoms with van der Waals surface area (Å²) in [5, 5.41) is 0. The van der Waals surface area contributed by atoms with E-state index in [1.165, 1.54) is 39.2 Å². The Morgan fingerprint density at radius 3 is 2.08 bits per heavy atom. The van der Waals surface area contributed by atoms with Gasteiger partial charge in [0, 0.05) is 30.8 Å². The second-order valence-corrected chi connectivity index (χ2v) is 6.88. The van der Waals surface area contributed by atoms with Crippen molar-refractivity contribution < 1.29 is 0 Å². The maximum Gasteiger partial charge on any atom is 0.0485 e. The van der Waals surface area contributed by atoms with Crippen molar-refractivity contribution in [3.05, 3.63) is 94.0 Å². The average molecular weight is 311 g/mol. The van der Waals surface area contributed by atoms with Crippen LogP contribution in [0.1, 0.15) is 40.3 Å². The maximum atomic E-state index is 2.53. The van der Waals surface area contributed by atoms with E-state index in [9.17, 15) is 0 Å². The van der Waals surface area contributed by atoms with Gasteiger partial charge in [-0.05, 0) is 52.8 Å². The summed E-state index contributed by atoms with van der Waals surface area (Å²) in [6.45, 7) is 3.28. The van der Waals surface area contributed by atoms with Crippen LogP contribution in [-0.2, 0) is 19.3 Å². The van der Waals surface area contributed by atoms with E-state index in [0.717, 1.165) is 25.8 Å². The molecule has 0 saturated heterocycles. The van der Waals surface area contributed by atoms with Gasteiger partial charge < -0.3 is 4.90 Å². The first-order valence-electron chi connectivity index (χ1n) is 8.91. The van der Waals surface area contributed by atoms with E-state index in [4.69, 9.17) is 0 Å². The predicted octanol–water partition coefficient (Wildman–Crippen LogP) is 5.24. The molecule has 1 aliphatic heterocycles. The molecular weight excluding hydrogens is 290 g/mol. The zero-order valence-corrected chi connectivity index (χ0v) is 14.0. The molecule has 118 valence electrons. The minimum Gasteiger partial charge on any atom is -0.341 e. The Hall–Kier alpha value is -2.54. The molecule has 1 aliphatic carbocycles. The molecule has 3 aromatic rings. The number of benzene rings is 3. The lowest BCUT2D eigenvalue weighted by Gasteiger charge is -2.36. The Bertz CT molecular complexity index is 939. The summed E-state index contributed by atoms with van der Waals surface area (Å²) in [4.78, 5) is 2.53. The van der Waals surface area contributed by atoms with Gasteiger partial charge in [0.05, 0.1) is 0 Å². The zero-order valence-electron chi connectivity index (χ0n) is 14.0. The number of rotatable bonds is 1. The molecule has 0 saturated carbocycles. The third-order valence-corrected chi connectivity index (χ3v) is 5.58. The van der Waals surface area contributed by atoms with Crippen molar-refractivity contribution in [2.24, 2.45) is 0 Å². The van der Waals surface area contributed by atoms with E-state index in [1.54, 1.807) is 5.56 Å². The Kier molecular flexibility index (Phi) is 3.02. The second kappa shape index (κ2) is 5.24. The van der Waals surface area contributed by atoms with E-state index in [-0.39, 0.29) is 0 Å². The molecule has 0 atom stereocenters. The largest absolute Gasteiger partial charge is 0.341 e. The van der Waals surface area contributed by atoms with Gasteiger partial charge in [-0.1, -0.05) is 54.6 Å². The van der Waals surface area contributed by atoms with E-state index >= 15 is 0 Å². The van der Waals surface area contributed by atoms with Gasteiger partial charge >= 0.3 is 0 Å². The Labute approximate surface area is 143 Å². The normalized spacial score (nSPS) is 14.5. The second-order valence-electron chi connectivity index (χ2n) is 6.88. The first kappa shape index (κ1) is 13.9. The molecule has 0 spiro atoms. The van der Waals surface area contributed by atoms with Crippen LogP contribution in [0, 0.1) is 0 Å². The molecular formula is C23H21N. The molecule has 0 amide bonds. The first-order chi connectivity index (χ1) is 11.8. The van der Waals surface area contributed by atoms with Crippen LogP contribution in [0.15, 0.2) is 60.7 Å². The van der Waals surface area contributed by atoms with E-state index in [0.29, 0.717) is 0 Å². The van der Waals surface area contributed by atoms with Crippen LogP contribution < -0.4 is 4.90 Å². The van der Waals surface area contributed by atoms with Crippen molar-refractivity contribution in [2.45, 2.75) is 26.2 Å². The van der Waals surface area contributed by atoms with Crippen molar-refractivity contribution in [2.75, 3.05) is 11.4 Å². The standard InChI is InChI=1S/C23H21N/c1-2-24-22-10-6-5-9-19(22)14-20-12-11-18-13-16-7-3-4-8-17(16)15-21(18)23(20)24/h3-12H,2,13-15H2,1H3. The number of hydrogen-bond acceptors (Lipinski definition) is 1. The van der Waals surface area contributed by atoms with Crippen molar-refractivity contribution in [1.82, 2.24) is 0 Å². The van der Waals surface area contributed by atoms with Gasteiger partial charge in [-0.15, -0.1) is 0 Å². The van der Waals surface area contributed by atoms with E-state index < -0.39 is 0 Å². The molecule has 0 radical (unpaired) electrons. The van der Waals surface area contributed by atoms with Crippen LogP contribution in [0.2, 0.25) is 0 Å². The lowest BCUT2D eigenvalue weighted by atomic mass is 9.81. The Balaban J connectivity index is 1.70. The highest BCUT2D eigenvalue weighted by atomic mass is 15.1. The highest BCUT2D eigenvalue weighted by molar-refractivity contribution is 5.78. The minimum atomic E-state index is 1.02. The fourth-order valence-corrected chi connectivity index (χ4v) is 4.44. The van der Waals surface area contributed by atoms with Gasteiger partial charge in [-0.25, -0.2) is 0 Å². The number of para-hydroxylation sites is 1. The third-order valence-electron chi connectivity index (χ3n) is 5.58. The molecule has 1 nitrogen and oxygen atoms in total. The molecule has 0 N–H and O–H groups in total. The van der Waals surface area contributed by atoms with Gasteiger partial charge in [0.25, 0.3) is 0 Å². The summed E-state index contributed by atoms with van der Waals surface area (Å²) in [7, 11) is 0. The van der Waals surface area contributed by atoms with Gasteiger partial charge in [-0.2, -0.15) is 0 Å². The summed E-state index contributed by atoms with van der Waals surface area (Å²) in [5.74, 6) is 0. The summed E-state index contributed by atoms with van der Waals surface area (Å²) in [6.07, 6.45) is 3.18. The van der Waals surface area contributed by atoms with Crippen LogP contribution in [0.3, 0.4) is 0 Å². The topological polar surface area (TPSA) is 3.24 Å². The van der Waals surface area contributed by atoms with Gasteiger partial charge in [0.15, 0.2) is 0 Å². The molecule has 0 aromatic heterocycles. The van der Waals surface area contributed by atoms with Crippen LogP contribution in [0.25, 0.3) is 0 Å². The molecule has 3 aromatic carbocycles. The summed E-state index contributed by atoms with van der Waals surface area (Å²) in [5.41, 5.74) is 11.8. The molecule has 0 unspecified atom stereocenters. The Morgan fingerprint density at radius 1 is 0.667 bits per heavy atom. The zero-order chi connectivity index (χ0) is 16.1. The van der Waals surface area contributed by atoms with Crippen LogP contribution in [0.5, 0.6) is 0 Å². The fraction of sp³-hybridized carbons (Fsp3) is 0.217. The highest BCUT2D eigenvalue weighted by Gasteiger charge is 2.27. The van der Waals surface area contributed by atoms with Crippen LogP contribution in [0.4, 0.5) is 11.4 Å². The summed E-state index contributed by atoms with van der Waals surface area (Å²) in [6, 6.07) is 22.5. The predicted molar refractivity (Wildman–Crippen MR) is 100 cm³/mol. The van der Waals surface area contributed by atoms with Crippen molar-refractivity contribution in [3.63, 3.8) is 0 Å². The molecule has 1 heterocycles. The average Bonchev–Trinajstić information content (AvgIpc) is 2.64. The first-order valence-corrected chi connectivity index (χ1v) is 8.91. The van der Waals surface area contributed by atoms with Crippen molar-refractivity contribution >= 4 is 11.4 Å². The number of hydrogen-bond donors (Lipinski definition) is 0. The van der Waals surface area contributed by atoms with E-state index in [2.05, 4.69) is 72.5 Å². The SMILES string of the molecule is CCN1c2ccccc2Cc2ccc3c(c21)Cc1ccccc1C3. The fourth-order valence-electron chi connectivity index (χ4n) is 4.44. The van der Waals surface area contributed by atoms with Gasteiger partial charge in [-0.3, -0.25) is 0 Å². The summed E-state index contributed by atoms with van der Waals surface area (Å²) >= 11 is 0. The van der Waals surface area contributed by atoms with E-state index in [1.807, 2.05) is 0 Å². The molecule has 0 fully saturated rings. The number of fused-ring (bicyclic) bond motifs is 5. The van der Waals surface area contributed by atoms with Crippen LogP contribution >= 0.6 is 0 Å². The maximum absolute atomic E-state index is 2.53.